The van der Waals surface area contributed by atoms with Crippen molar-refractivity contribution in [3.05, 3.63) is 28.8 Å². The highest BCUT2D eigenvalue weighted by Gasteiger charge is 2.32. The lowest BCUT2D eigenvalue weighted by Crippen LogP contribution is -2.06. The van der Waals surface area contributed by atoms with E-state index in [-0.39, 0.29) is 17.0 Å². The van der Waals surface area contributed by atoms with Gasteiger partial charge in [0.25, 0.3) is 0 Å². The molecule has 0 amide bonds. The molecule has 0 saturated heterocycles. The van der Waals surface area contributed by atoms with Crippen LogP contribution in [-0.4, -0.2) is 16.6 Å². The van der Waals surface area contributed by atoms with Crippen LogP contribution in [0.1, 0.15) is 21.5 Å². The quantitative estimate of drug-likeness (QED) is 0.683. The Balaban J connectivity index is 3.39. The van der Waals surface area contributed by atoms with E-state index in [1.54, 1.807) is 6.07 Å². The van der Waals surface area contributed by atoms with E-state index in [0.717, 1.165) is 12.1 Å². The molecule has 0 aromatic heterocycles. The summed E-state index contributed by atoms with van der Waals surface area (Å²) in [6, 6.07) is 3.57. The topological polar surface area (TPSA) is 61.1 Å². The molecule has 0 fully saturated rings. The van der Waals surface area contributed by atoms with E-state index in [4.69, 9.17) is 22.0 Å². The molecule has 0 heterocycles. The van der Waals surface area contributed by atoms with Crippen molar-refractivity contribution in [3.8, 4) is 6.07 Å². The minimum atomic E-state index is -4.61. The number of thioether (sulfide) groups is 1. The van der Waals surface area contributed by atoms with Crippen LogP contribution in [0.4, 0.5) is 13.2 Å². The predicted molar refractivity (Wildman–Crippen MR) is 59.6 cm³/mol. The standard InChI is InChI=1S/C10H5ClF3NO2S/c11-3-5-2-8(18-10(12,13)14)7(9(16)17)1-6(5)4-15/h1-2H,3H2,(H,16,17). The zero-order chi connectivity index (χ0) is 13.9. The maximum atomic E-state index is 12.3. The SMILES string of the molecule is N#Cc1cc(C(=O)O)c(SC(F)(F)F)cc1CCl. The number of hydrogen-bond acceptors (Lipinski definition) is 3. The summed E-state index contributed by atoms with van der Waals surface area (Å²) in [5, 5.41) is 17.6. The van der Waals surface area contributed by atoms with Crippen molar-refractivity contribution < 1.29 is 23.1 Å². The molecular weight excluding hydrogens is 291 g/mol. The number of nitriles is 1. The second-order valence-electron chi connectivity index (χ2n) is 3.10. The number of rotatable bonds is 3. The summed E-state index contributed by atoms with van der Waals surface area (Å²) in [7, 11) is 0. The van der Waals surface area contributed by atoms with E-state index in [2.05, 4.69) is 0 Å². The van der Waals surface area contributed by atoms with Crippen LogP contribution in [-0.2, 0) is 5.88 Å². The molecule has 0 saturated carbocycles. The van der Waals surface area contributed by atoms with E-state index in [1.807, 2.05) is 0 Å². The molecule has 18 heavy (non-hydrogen) atoms. The molecule has 0 unspecified atom stereocenters. The lowest BCUT2D eigenvalue weighted by atomic mass is 10.1. The van der Waals surface area contributed by atoms with E-state index < -0.39 is 33.7 Å². The van der Waals surface area contributed by atoms with Gasteiger partial charge in [-0.05, 0) is 29.5 Å². The summed E-state index contributed by atoms with van der Waals surface area (Å²) in [5.74, 6) is -1.70. The van der Waals surface area contributed by atoms with Gasteiger partial charge in [-0.25, -0.2) is 4.79 Å². The Morgan fingerprint density at radius 3 is 2.50 bits per heavy atom. The van der Waals surface area contributed by atoms with Crippen molar-refractivity contribution in [2.45, 2.75) is 16.3 Å². The van der Waals surface area contributed by atoms with Crippen molar-refractivity contribution in [1.82, 2.24) is 0 Å². The number of aromatic carboxylic acids is 1. The summed E-state index contributed by atoms with van der Waals surface area (Å²) in [4.78, 5) is 10.4. The van der Waals surface area contributed by atoms with E-state index in [0.29, 0.717) is 0 Å². The Hall–Kier alpha value is -1.39. The van der Waals surface area contributed by atoms with Gasteiger partial charge in [0, 0.05) is 10.8 Å². The molecule has 8 heteroatoms. The van der Waals surface area contributed by atoms with Crippen molar-refractivity contribution in [2.24, 2.45) is 0 Å². The van der Waals surface area contributed by atoms with Gasteiger partial charge in [0.2, 0.25) is 0 Å². The minimum Gasteiger partial charge on any atom is -0.478 e. The second-order valence-corrected chi connectivity index (χ2v) is 4.48. The Kier molecular flexibility index (Phi) is 4.48. The molecule has 0 spiro atoms. The third kappa shape index (κ3) is 3.55. The van der Waals surface area contributed by atoms with Gasteiger partial charge in [0.1, 0.15) is 0 Å². The molecule has 0 aliphatic heterocycles. The average molecular weight is 296 g/mol. The number of alkyl halides is 4. The van der Waals surface area contributed by atoms with Gasteiger partial charge < -0.3 is 5.11 Å². The number of carboxylic acids is 1. The molecule has 1 N–H and O–H groups in total. The summed E-state index contributed by atoms with van der Waals surface area (Å²) >= 11 is 4.95. The van der Waals surface area contributed by atoms with Gasteiger partial charge in [-0.1, -0.05) is 0 Å². The zero-order valence-electron chi connectivity index (χ0n) is 8.58. The molecule has 0 aliphatic rings. The number of carboxylic acid groups (broad SMARTS) is 1. The highest BCUT2D eigenvalue weighted by molar-refractivity contribution is 8.00. The molecule has 1 rings (SSSR count). The number of carbonyl (C=O) groups is 1. The second kappa shape index (κ2) is 5.50. The van der Waals surface area contributed by atoms with Crippen molar-refractivity contribution >= 4 is 29.3 Å². The number of halogens is 4. The molecule has 0 aliphatic carbocycles. The van der Waals surface area contributed by atoms with Gasteiger partial charge in [-0.3, -0.25) is 0 Å². The predicted octanol–water partition coefficient (Wildman–Crippen LogP) is 3.61. The highest BCUT2D eigenvalue weighted by atomic mass is 35.5. The molecule has 0 atom stereocenters. The van der Waals surface area contributed by atoms with Gasteiger partial charge in [-0.15, -0.1) is 11.6 Å². The fraction of sp³-hybridized carbons (Fsp3) is 0.200. The molecule has 96 valence electrons. The van der Waals surface area contributed by atoms with Crippen molar-refractivity contribution in [1.29, 1.82) is 5.26 Å². The smallest absolute Gasteiger partial charge is 0.446 e. The van der Waals surface area contributed by atoms with Gasteiger partial charge in [-0.2, -0.15) is 18.4 Å². The maximum absolute atomic E-state index is 12.3. The first-order valence-electron chi connectivity index (χ1n) is 4.40. The minimum absolute atomic E-state index is 0.0473. The molecule has 0 radical (unpaired) electrons. The van der Waals surface area contributed by atoms with E-state index >= 15 is 0 Å². The van der Waals surface area contributed by atoms with Crippen molar-refractivity contribution in [2.75, 3.05) is 0 Å². The third-order valence-electron chi connectivity index (χ3n) is 1.93. The molecule has 0 bridgehead atoms. The lowest BCUT2D eigenvalue weighted by Gasteiger charge is -2.11. The highest BCUT2D eigenvalue weighted by Crippen LogP contribution is 2.39. The van der Waals surface area contributed by atoms with Gasteiger partial charge >= 0.3 is 11.5 Å². The number of nitrogens with zero attached hydrogens (tertiary/aromatic N) is 1. The first kappa shape index (κ1) is 14.7. The van der Waals surface area contributed by atoms with Crippen molar-refractivity contribution in [3.63, 3.8) is 0 Å². The van der Waals surface area contributed by atoms with E-state index in [9.17, 15) is 18.0 Å². The summed E-state index contributed by atoms with van der Waals surface area (Å²) in [5.41, 5.74) is -5.06. The third-order valence-corrected chi connectivity index (χ3v) is 3.00. The number of hydrogen-bond donors (Lipinski definition) is 1. The fourth-order valence-corrected chi connectivity index (χ4v) is 2.14. The first-order chi connectivity index (χ1) is 8.28. The van der Waals surface area contributed by atoms with Crippen LogP contribution in [0.3, 0.4) is 0 Å². The monoisotopic (exact) mass is 295 g/mol. The number of benzene rings is 1. The van der Waals surface area contributed by atoms with Crippen LogP contribution < -0.4 is 0 Å². The largest absolute Gasteiger partial charge is 0.478 e. The van der Waals surface area contributed by atoms with E-state index in [1.165, 1.54) is 0 Å². The summed E-state index contributed by atoms with van der Waals surface area (Å²) < 4.78 is 36.8. The van der Waals surface area contributed by atoms with Gasteiger partial charge in [0.05, 0.1) is 17.2 Å². The molecular formula is C10H5ClF3NO2S. The Bertz CT molecular complexity index is 525. The molecule has 1 aromatic carbocycles. The van der Waals surface area contributed by atoms with Crippen LogP contribution in [0.5, 0.6) is 0 Å². The molecule has 3 nitrogen and oxygen atoms in total. The van der Waals surface area contributed by atoms with Crippen LogP contribution >= 0.6 is 23.4 Å². The average Bonchev–Trinajstić information content (AvgIpc) is 2.25. The van der Waals surface area contributed by atoms with Crippen LogP contribution in [0.15, 0.2) is 17.0 Å². The van der Waals surface area contributed by atoms with Crippen LogP contribution in [0.25, 0.3) is 0 Å². The normalized spacial score (nSPS) is 11.1. The lowest BCUT2D eigenvalue weighted by molar-refractivity contribution is -0.0328. The zero-order valence-corrected chi connectivity index (χ0v) is 10.2. The Morgan fingerprint density at radius 1 is 1.50 bits per heavy atom. The maximum Gasteiger partial charge on any atom is 0.446 e. The Labute approximate surface area is 109 Å². The summed E-state index contributed by atoms with van der Waals surface area (Å²) in [6.45, 7) is 0. The Morgan fingerprint density at radius 2 is 2.11 bits per heavy atom. The fourth-order valence-electron chi connectivity index (χ4n) is 1.21. The summed E-state index contributed by atoms with van der Waals surface area (Å²) in [6.07, 6.45) is 0. The first-order valence-corrected chi connectivity index (χ1v) is 5.75. The van der Waals surface area contributed by atoms with Crippen LogP contribution in [0, 0.1) is 11.3 Å². The van der Waals surface area contributed by atoms with Crippen LogP contribution in [0.2, 0.25) is 0 Å². The van der Waals surface area contributed by atoms with Gasteiger partial charge in [0.15, 0.2) is 0 Å². The molecule has 1 aromatic rings.